The fraction of sp³-hybridized carbons (Fsp3) is 0.500. The first-order valence-corrected chi connectivity index (χ1v) is 8.92. The second kappa shape index (κ2) is 8.01. The summed E-state index contributed by atoms with van der Waals surface area (Å²) >= 11 is 0. The fourth-order valence-electron chi connectivity index (χ4n) is 2.62. The van der Waals surface area contributed by atoms with Gasteiger partial charge < -0.3 is 15.0 Å². The molecule has 0 aliphatic carbocycles. The van der Waals surface area contributed by atoms with Crippen LogP contribution in [0.15, 0.2) is 18.2 Å². The zero-order chi connectivity index (χ0) is 18.6. The van der Waals surface area contributed by atoms with Gasteiger partial charge in [0.1, 0.15) is 18.0 Å². The van der Waals surface area contributed by atoms with Gasteiger partial charge in [0.05, 0.1) is 11.7 Å². The molecule has 1 saturated heterocycles. The molecule has 9 heteroatoms. The minimum atomic E-state index is -3.06. The molecule has 0 saturated carbocycles. The summed E-state index contributed by atoms with van der Waals surface area (Å²) in [5.74, 6) is -0.489. The van der Waals surface area contributed by atoms with Gasteiger partial charge >= 0.3 is 6.09 Å². The van der Waals surface area contributed by atoms with Crippen LogP contribution in [0.2, 0.25) is 0 Å². The van der Waals surface area contributed by atoms with E-state index in [-0.39, 0.29) is 11.7 Å². The molecule has 1 amide bonds. The summed E-state index contributed by atoms with van der Waals surface area (Å²) in [6, 6.07) is 4.13. The van der Waals surface area contributed by atoms with E-state index in [4.69, 9.17) is 4.74 Å². The van der Waals surface area contributed by atoms with Gasteiger partial charge in [-0.3, -0.25) is 4.18 Å². The highest BCUT2D eigenvalue weighted by Gasteiger charge is 2.29. The highest BCUT2D eigenvalue weighted by atomic mass is 32.2. The second-order valence-corrected chi connectivity index (χ2v) is 7.36. The molecular formula is C16H22FN2O5S. The molecule has 2 rings (SSSR count). The number of rotatable bonds is 5. The largest absolute Gasteiger partial charge is 0.444 e. The van der Waals surface area contributed by atoms with E-state index >= 15 is 0 Å². The predicted molar refractivity (Wildman–Crippen MR) is 91.2 cm³/mol. The summed E-state index contributed by atoms with van der Waals surface area (Å²) in [4.78, 5) is 13.6. The summed E-state index contributed by atoms with van der Waals surface area (Å²) in [5, 5.41) is 2.76. The van der Waals surface area contributed by atoms with Gasteiger partial charge in [-0.15, -0.1) is 0 Å². The van der Waals surface area contributed by atoms with E-state index in [0.29, 0.717) is 25.1 Å². The van der Waals surface area contributed by atoms with Gasteiger partial charge in [0.2, 0.25) is 0 Å². The number of halogens is 1. The van der Waals surface area contributed by atoms with Gasteiger partial charge in [0.25, 0.3) is 11.0 Å². The molecule has 0 unspecified atom stereocenters. The lowest BCUT2D eigenvalue weighted by molar-refractivity contribution is 0.0509. The van der Waals surface area contributed by atoms with E-state index in [1.165, 1.54) is 12.1 Å². The number of nitrogens with one attached hydrogen (secondary N) is 1. The Kier molecular flexibility index (Phi) is 6.23. The quantitative estimate of drug-likeness (QED) is 0.768. The zero-order valence-electron chi connectivity index (χ0n) is 14.3. The summed E-state index contributed by atoms with van der Waals surface area (Å²) < 4.78 is 45.1. The highest BCUT2D eigenvalue weighted by molar-refractivity contribution is 7.67. The highest BCUT2D eigenvalue weighted by Crippen LogP contribution is 2.29. The molecule has 0 spiro atoms. The van der Waals surface area contributed by atoms with Crippen molar-refractivity contribution in [3.63, 3.8) is 0 Å². The monoisotopic (exact) mass is 373 g/mol. The molecule has 25 heavy (non-hydrogen) atoms. The number of hydrogen-bond acceptors (Lipinski definition) is 6. The Balaban J connectivity index is 2.05. The van der Waals surface area contributed by atoms with Gasteiger partial charge in [-0.25, -0.2) is 17.6 Å². The third-order valence-corrected chi connectivity index (χ3v) is 3.79. The van der Waals surface area contributed by atoms with E-state index in [9.17, 15) is 17.6 Å². The zero-order valence-corrected chi connectivity index (χ0v) is 15.2. The lowest BCUT2D eigenvalue weighted by Crippen LogP contribution is -2.40. The van der Waals surface area contributed by atoms with Crippen molar-refractivity contribution < 1.29 is 26.5 Å². The standard InChI is InChI=1S/C16H22FN2O5S/c1-16(2,3)24-15(20)18-12-7-8-19(9-12)14-11(10-23-25(21)22)5-4-6-13(14)17/h4-6,10,12,25H,7-9H2,1-3H3,(H,18,20)/t12-/m1/s1. The van der Waals surface area contributed by atoms with Crippen LogP contribution in [-0.2, 0) is 19.9 Å². The molecule has 1 heterocycles. The minimum Gasteiger partial charge on any atom is -0.444 e. The summed E-state index contributed by atoms with van der Waals surface area (Å²) in [5.41, 5.74) is -0.0347. The van der Waals surface area contributed by atoms with Crippen LogP contribution in [-0.4, -0.2) is 39.2 Å². The van der Waals surface area contributed by atoms with E-state index < -0.39 is 28.5 Å². The number of hydrogen-bond donors (Lipinski definition) is 2. The van der Waals surface area contributed by atoms with Crippen molar-refractivity contribution >= 4 is 22.8 Å². The van der Waals surface area contributed by atoms with Crippen molar-refractivity contribution in [1.29, 1.82) is 0 Å². The maximum atomic E-state index is 14.3. The number of nitrogens with zero attached hydrogens (tertiary/aromatic N) is 1. The molecule has 1 N–H and O–H groups in total. The van der Waals surface area contributed by atoms with Crippen molar-refractivity contribution in [2.45, 2.75) is 38.8 Å². The number of amides is 1. The Morgan fingerprint density at radius 3 is 2.76 bits per heavy atom. The smallest absolute Gasteiger partial charge is 0.407 e. The summed E-state index contributed by atoms with van der Waals surface area (Å²) in [7, 11) is -3.06. The van der Waals surface area contributed by atoms with Crippen LogP contribution in [0.1, 0.15) is 32.8 Å². The first-order valence-electron chi connectivity index (χ1n) is 7.83. The van der Waals surface area contributed by atoms with Crippen LogP contribution in [0, 0.1) is 12.4 Å². The van der Waals surface area contributed by atoms with Gasteiger partial charge in [0, 0.05) is 18.7 Å². The Hall–Kier alpha value is -1.87. The number of para-hydroxylation sites is 1. The molecule has 7 nitrogen and oxygen atoms in total. The molecule has 0 bridgehead atoms. The Labute approximate surface area is 148 Å². The van der Waals surface area contributed by atoms with Crippen LogP contribution in [0.25, 0.3) is 0 Å². The number of thiol groups is 1. The van der Waals surface area contributed by atoms with Crippen LogP contribution < -0.4 is 10.2 Å². The predicted octanol–water partition coefficient (Wildman–Crippen LogP) is 1.98. The Morgan fingerprint density at radius 1 is 1.40 bits per heavy atom. The molecule has 1 aliphatic heterocycles. The molecule has 1 aliphatic rings. The molecule has 139 valence electrons. The molecule has 1 atom stereocenters. The van der Waals surface area contributed by atoms with Crippen molar-refractivity contribution in [2.75, 3.05) is 18.0 Å². The minimum absolute atomic E-state index is 0.195. The Bertz CT molecular complexity index is 694. The number of alkyl carbamates (subject to hydrolysis) is 1. The van der Waals surface area contributed by atoms with E-state index in [2.05, 4.69) is 9.50 Å². The van der Waals surface area contributed by atoms with Crippen molar-refractivity contribution in [2.24, 2.45) is 0 Å². The average molecular weight is 373 g/mol. The lowest BCUT2D eigenvalue weighted by Gasteiger charge is -2.23. The number of carbonyl (C=O) groups excluding carboxylic acids is 1. The van der Waals surface area contributed by atoms with Crippen LogP contribution in [0.4, 0.5) is 14.9 Å². The number of ether oxygens (including phenoxy) is 1. The van der Waals surface area contributed by atoms with Crippen LogP contribution >= 0.6 is 0 Å². The molecule has 0 aromatic heterocycles. The van der Waals surface area contributed by atoms with Crippen molar-refractivity contribution in [1.82, 2.24) is 5.32 Å². The fourth-order valence-corrected chi connectivity index (χ4v) is 2.82. The van der Waals surface area contributed by atoms with Gasteiger partial charge in [-0.1, -0.05) is 12.1 Å². The first-order chi connectivity index (χ1) is 11.7. The van der Waals surface area contributed by atoms with Crippen molar-refractivity contribution in [3.05, 3.63) is 36.2 Å². The SMILES string of the molecule is CC(C)(C)OC(=O)N[C@@H]1CCN(c2c(F)cccc2[CH]O[SH](=O)=O)C1. The summed E-state index contributed by atoms with van der Waals surface area (Å²) in [6.45, 7) is 7.20. The molecular weight excluding hydrogens is 351 g/mol. The average Bonchev–Trinajstić information content (AvgIpc) is 2.90. The third kappa shape index (κ3) is 5.86. The van der Waals surface area contributed by atoms with Crippen LogP contribution in [0.5, 0.6) is 0 Å². The molecule has 1 aromatic carbocycles. The summed E-state index contributed by atoms with van der Waals surface area (Å²) in [6.07, 6.45) is 0.0929. The molecule has 1 fully saturated rings. The van der Waals surface area contributed by atoms with Gasteiger partial charge in [-0.05, 0) is 33.3 Å². The maximum absolute atomic E-state index is 14.3. The molecule has 1 aromatic rings. The first kappa shape index (κ1) is 19.5. The van der Waals surface area contributed by atoms with E-state index in [1.807, 2.05) is 0 Å². The van der Waals surface area contributed by atoms with E-state index in [1.54, 1.807) is 31.7 Å². The Morgan fingerprint density at radius 2 is 2.12 bits per heavy atom. The molecule has 1 radical (unpaired) electrons. The van der Waals surface area contributed by atoms with Crippen LogP contribution in [0.3, 0.4) is 0 Å². The second-order valence-electron chi connectivity index (χ2n) is 6.70. The van der Waals surface area contributed by atoms with Crippen molar-refractivity contribution in [3.8, 4) is 0 Å². The normalized spacial score (nSPS) is 17.8. The third-order valence-electron chi connectivity index (χ3n) is 3.51. The topological polar surface area (TPSA) is 84.9 Å². The lowest BCUT2D eigenvalue weighted by atomic mass is 10.1. The van der Waals surface area contributed by atoms with Gasteiger partial charge in [0.15, 0.2) is 0 Å². The maximum Gasteiger partial charge on any atom is 0.407 e. The number of benzene rings is 1. The van der Waals surface area contributed by atoms with Gasteiger partial charge in [-0.2, -0.15) is 0 Å². The number of anilines is 1. The number of carbonyl (C=O) groups is 1. The van der Waals surface area contributed by atoms with E-state index in [0.717, 1.165) is 6.61 Å².